The molecule has 0 heterocycles. The molecular weight excluding hydrogens is 218 g/mol. The zero-order chi connectivity index (χ0) is 11.9. The third kappa shape index (κ3) is 6.46. The summed E-state index contributed by atoms with van der Waals surface area (Å²) in [5.41, 5.74) is 5.47. The van der Waals surface area contributed by atoms with Gasteiger partial charge in [0.25, 0.3) is 0 Å². The first-order valence-corrected chi connectivity index (χ1v) is 6.87. The summed E-state index contributed by atoms with van der Waals surface area (Å²) in [5, 5.41) is 0. The van der Waals surface area contributed by atoms with Crippen LogP contribution in [0.25, 0.3) is 0 Å². The number of carbonyl (C=O) groups is 1. The van der Waals surface area contributed by atoms with Gasteiger partial charge in [0.05, 0.1) is 12.4 Å². The Morgan fingerprint density at radius 2 is 1.93 bits per heavy atom. The predicted molar refractivity (Wildman–Crippen MR) is 58.2 cm³/mol. The molecule has 0 amide bonds. The second-order valence-electron chi connectivity index (χ2n) is 3.30. The van der Waals surface area contributed by atoms with Crippen molar-refractivity contribution in [2.45, 2.75) is 32.7 Å². The minimum absolute atomic E-state index is 0.0547. The minimum atomic E-state index is -3.06. The van der Waals surface area contributed by atoms with Gasteiger partial charge < -0.3 is 10.5 Å². The van der Waals surface area contributed by atoms with Crippen molar-refractivity contribution in [3.8, 4) is 0 Å². The van der Waals surface area contributed by atoms with Crippen LogP contribution in [0.15, 0.2) is 0 Å². The van der Waals surface area contributed by atoms with E-state index in [0.717, 1.165) is 0 Å². The fraction of sp³-hybridized carbons (Fsp3) is 0.889. The van der Waals surface area contributed by atoms with Gasteiger partial charge in [0, 0.05) is 5.75 Å². The summed E-state index contributed by atoms with van der Waals surface area (Å²) in [5.74, 6) is -0.451. The highest BCUT2D eigenvalue weighted by atomic mass is 32.2. The Bertz CT molecular complexity index is 286. The zero-order valence-electron chi connectivity index (χ0n) is 9.23. The van der Waals surface area contributed by atoms with Crippen molar-refractivity contribution in [1.29, 1.82) is 0 Å². The Hall–Kier alpha value is -0.620. The van der Waals surface area contributed by atoms with Gasteiger partial charge in [-0.2, -0.15) is 0 Å². The van der Waals surface area contributed by atoms with Crippen molar-refractivity contribution in [3.63, 3.8) is 0 Å². The van der Waals surface area contributed by atoms with Gasteiger partial charge in [-0.1, -0.05) is 6.92 Å². The van der Waals surface area contributed by atoms with E-state index in [9.17, 15) is 13.2 Å². The molecule has 0 bridgehead atoms. The van der Waals surface area contributed by atoms with Crippen molar-refractivity contribution < 1.29 is 17.9 Å². The number of hydrogen-bond donors (Lipinski definition) is 1. The largest absolute Gasteiger partial charge is 0.465 e. The molecule has 0 aliphatic heterocycles. The normalized spacial score (nSPS) is 13.5. The lowest BCUT2D eigenvalue weighted by Gasteiger charge is -2.10. The molecule has 0 saturated carbocycles. The Morgan fingerprint density at radius 3 is 2.40 bits per heavy atom. The Kier molecular flexibility index (Phi) is 6.51. The zero-order valence-corrected chi connectivity index (χ0v) is 10.0. The van der Waals surface area contributed by atoms with Gasteiger partial charge in [-0.3, -0.25) is 4.79 Å². The van der Waals surface area contributed by atoms with E-state index in [1.807, 2.05) is 0 Å². The fourth-order valence-electron chi connectivity index (χ4n) is 1.09. The lowest BCUT2D eigenvalue weighted by atomic mass is 10.2. The summed E-state index contributed by atoms with van der Waals surface area (Å²) in [6, 6.07) is -0.836. The molecule has 0 fully saturated rings. The molecule has 0 saturated heterocycles. The summed E-state index contributed by atoms with van der Waals surface area (Å²) in [4.78, 5) is 11.1. The van der Waals surface area contributed by atoms with Crippen molar-refractivity contribution in [2.75, 3.05) is 18.1 Å². The molecule has 0 aliphatic rings. The summed E-state index contributed by atoms with van der Waals surface area (Å²) in [7, 11) is -3.06. The molecule has 0 rings (SSSR count). The van der Waals surface area contributed by atoms with Gasteiger partial charge in [0.15, 0.2) is 0 Å². The summed E-state index contributed by atoms with van der Waals surface area (Å²) < 4.78 is 27.3. The maximum absolute atomic E-state index is 11.3. The summed E-state index contributed by atoms with van der Waals surface area (Å²) >= 11 is 0. The third-order valence-corrected chi connectivity index (χ3v) is 3.73. The number of nitrogens with two attached hydrogens (primary N) is 1. The molecule has 0 spiro atoms. The van der Waals surface area contributed by atoms with Crippen LogP contribution in [0, 0.1) is 0 Å². The molecule has 0 aliphatic carbocycles. The molecule has 0 aromatic carbocycles. The van der Waals surface area contributed by atoms with Crippen molar-refractivity contribution in [2.24, 2.45) is 5.73 Å². The topological polar surface area (TPSA) is 86.5 Å². The van der Waals surface area contributed by atoms with E-state index in [-0.39, 0.29) is 24.5 Å². The number of hydrogen-bond acceptors (Lipinski definition) is 5. The molecule has 1 unspecified atom stereocenters. The van der Waals surface area contributed by atoms with Crippen LogP contribution >= 0.6 is 0 Å². The maximum atomic E-state index is 11.3. The van der Waals surface area contributed by atoms with E-state index >= 15 is 0 Å². The molecule has 0 radical (unpaired) electrons. The van der Waals surface area contributed by atoms with Gasteiger partial charge in [-0.25, -0.2) is 8.42 Å². The second kappa shape index (κ2) is 6.79. The first-order valence-electron chi connectivity index (χ1n) is 5.05. The summed E-state index contributed by atoms with van der Waals surface area (Å²) in [6.07, 6.45) is 0.706. The second-order valence-corrected chi connectivity index (χ2v) is 5.60. The molecular formula is C9H19NO4S. The number of carbonyl (C=O) groups excluding carboxylic acids is 1. The smallest absolute Gasteiger partial charge is 0.322 e. The number of rotatable bonds is 7. The molecule has 1 atom stereocenters. The van der Waals surface area contributed by atoms with E-state index in [0.29, 0.717) is 6.42 Å². The average molecular weight is 237 g/mol. The van der Waals surface area contributed by atoms with Gasteiger partial charge in [0.1, 0.15) is 15.9 Å². The van der Waals surface area contributed by atoms with E-state index in [2.05, 4.69) is 4.74 Å². The van der Waals surface area contributed by atoms with Crippen LogP contribution in [0.5, 0.6) is 0 Å². The molecule has 6 heteroatoms. The van der Waals surface area contributed by atoms with Crippen LogP contribution in [0.1, 0.15) is 26.7 Å². The van der Waals surface area contributed by atoms with Gasteiger partial charge >= 0.3 is 5.97 Å². The molecule has 0 aromatic heterocycles. The average Bonchev–Trinajstić information content (AvgIpc) is 2.14. The lowest BCUT2D eigenvalue weighted by molar-refractivity contribution is -0.144. The molecule has 2 N–H and O–H groups in total. The van der Waals surface area contributed by atoms with Crippen molar-refractivity contribution in [1.82, 2.24) is 0 Å². The van der Waals surface area contributed by atoms with E-state index in [1.165, 1.54) is 0 Å². The predicted octanol–water partition coefficient (Wildman–Crippen LogP) is 0.0917. The highest BCUT2D eigenvalue weighted by Gasteiger charge is 2.18. The minimum Gasteiger partial charge on any atom is -0.465 e. The standard InChI is InChI=1S/C9H19NO4S/c1-3-6-15(12,13)7-5-8(10)9(11)14-4-2/h8H,3-7,10H2,1-2H3. The molecule has 5 nitrogen and oxygen atoms in total. The third-order valence-electron chi connectivity index (χ3n) is 1.84. The highest BCUT2D eigenvalue weighted by Crippen LogP contribution is 2.00. The number of sulfone groups is 1. The van der Waals surface area contributed by atoms with Gasteiger partial charge in [-0.05, 0) is 19.8 Å². The van der Waals surface area contributed by atoms with E-state index in [1.54, 1.807) is 13.8 Å². The number of esters is 1. The number of ether oxygens (including phenoxy) is 1. The molecule has 0 aromatic rings. The quantitative estimate of drug-likeness (QED) is 0.634. The monoisotopic (exact) mass is 237 g/mol. The highest BCUT2D eigenvalue weighted by molar-refractivity contribution is 7.91. The van der Waals surface area contributed by atoms with Crippen molar-refractivity contribution >= 4 is 15.8 Å². The van der Waals surface area contributed by atoms with Crippen LogP contribution in [0.4, 0.5) is 0 Å². The lowest BCUT2D eigenvalue weighted by Crippen LogP contribution is -2.34. The Balaban J connectivity index is 4.00. The first-order chi connectivity index (χ1) is 6.93. The van der Waals surface area contributed by atoms with Crippen molar-refractivity contribution in [3.05, 3.63) is 0 Å². The van der Waals surface area contributed by atoms with Crippen LogP contribution in [-0.4, -0.2) is 38.5 Å². The van der Waals surface area contributed by atoms with E-state index < -0.39 is 21.8 Å². The first kappa shape index (κ1) is 14.4. The molecule has 15 heavy (non-hydrogen) atoms. The Labute approximate surface area is 90.9 Å². The van der Waals surface area contributed by atoms with Crippen LogP contribution < -0.4 is 5.73 Å². The fourth-order valence-corrected chi connectivity index (χ4v) is 2.53. The van der Waals surface area contributed by atoms with Crippen LogP contribution in [0.2, 0.25) is 0 Å². The maximum Gasteiger partial charge on any atom is 0.322 e. The van der Waals surface area contributed by atoms with Crippen LogP contribution in [-0.2, 0) is 19.4 Å². The van der Waals surface area contributed by atoms with Gasteiger partial charge in [-0.15, -0.1) is 0 Å². The Morgan fingerprint density at radius 1 is 1.33 bits per heavy atom. The van der Waals surface area contributed by atoms with Crippen LogP contribution in [0.3, 0.4) is 0 Å². The SMILES string of the molecule is CCCS(=O)(=O)CCC(N)C(=O)OCC. The van der Waals surface area contributed by atoms with E-state index in [4.69, 9.17) is 5.73 Å². The molecule has 90 valence electrons. The summed E-state index contributed by atoms with van der Waals surface area (Å²) in [6.45, 7) is 3.73. The van der Waals surface area contributed by atoms with Gasteiger partial charge in [0.2, 0.25) is 0 Å².